The van der Waals surface area contributed by atoms with Crippen molar-refractivity contribution < 1.29 is 4.74 Å². The van der Waals surface area contributed by atoms with E-state index in [1.807, 2.05) is 0 Å². The third-order valence-corrected chi connectivity index (χ3v) is 4.02. The van der Waals surface area contributed by atoms with Gasteiger partial charge in [0.15, 0.2) is 0 Å². The topological polar surface area (TPSA) is 27.7 Å². The van der Waals surface area contributed by atoms with Crippen LogP contribution in [0.5, 0.6) is 0 Å². The lowest BCUT2D eigenvalue weighted by atomic mass is 9.98. The first-order chi connectivity index (χ1) is 8.08. The SMILES string of the molecule is CC1CN(CCN2CCOCC2)C(C)(C)CN1. The number of hydrogen-bond acceptors (Lipinski definition) is 4. The largest absolute Gasteiger partial charge is 0.379 e. The molecule has 2 heterocycles. The summed E-state index contributed by atoms with van der Waals surface area (Å²) in [5, 5.41) is 3.56. The van der Waals surface area contributed by atoms with Crippen LogP contribution in [0, 0.1) is 0 Å². The molecule has 0 spiro atoms. The average Bonchev–Trinajstić information content (AvgIpc) is 2.32. The summed E-state index contributed by atoms with van der Waals surface area (Å²) in [5.74, 6) is 0. The van der Waals surface area contributed by atoms with Crippen LogP contribution in [0.1, 0.15) is 20.8 Å². The summed E-state index contributed by atoms with van der Waals surface area (Å²) >= 11 is 0. The van der Waals surface area contributed by atoms with Gasteiger partial charge in [-0.05, 0) is 20.8 Å². The minimum Gasteiger partial charge on any atom is -0.379 e. The number of nitrogens with zero attached hydrogens (tertiary/aromatic N) is 2. The summed E-state index contributed by atoms with van der Waals surface area (Å²) in [6, 6.07) is 0.618. The Morgan fingerprint density at radius 3 is 2.65 bits per heavy atom. The van der Waals surface area contributed by atoms with Gasteiger partial charge in [-0.1, -0.05) is 0 Å². The lowest BCUT2D eigenvalue weighted by Gasteiger charge is -2.46. The van der Waals surface area contributed by atoms with Crippen LogP contribution in [0.15, 0.2) is 0 Å². The van der Waals surface area contributed by atoms with Gasteiger partial charge in [-0.25, -0.2) is 0 Å². The highest BCUT2D eigenvalue weighted by molar-refractivity contribution is 4.91. The molecule has 2 aliphatic rings. The van der Waals surface area contributed by atoms with E-state index in [2.05, 4.69) is 35.9 Å². The Labute approximate surface area is 105 Å². The number of morpholine rings is 1. The van der Waals surface area contributed by atoms with Crippen molar-refractivity contribution in [2.24, 2.45) is 0 Å². The molecule has 100 valence electrons. The van der Waals surface area contributed by atoms with Gasteiger partial charge in [0, 0.05) is 50.8 Å². The van der Waals surface area contributed by atoms with Crippen molar-refractivity contribution in [2.75, 3.05) is 52.5 Å². The molecule has 0 aliphatic carbocycles. The zero-order valence-electron chi connectivity index (χ0n) is 11.5. The van der Waals surface area contributed by atoms with E-state index in [0.717, 1.165) is 39.4 Å². The molecule has 2 rings (SSSR count). The maximum absolute atomic E-state index is 5.38. The van der Waals surface area contributed by atoms with Gasteiger partial charge in [-0.3, -0.25) is 9.80 Å². The first kappa shape index (κ1) is 13.3. The summed E-state index contributed by atoms with van der Waals surface area (Å²) < 4.78 is 5.38. The summed E-state index contributed by atoms with van der Waals surface area (Å²) in [6.07, 6.45) is 0. The lowest BCUT2D eigenvalue weighted by Crippen LogP contribution is -2.62. The van der Waals surface area contributed by atoms with Crippen LogP contribution in [-0.4, -0.2) is 73.9 Å². The van der Waals surface area contributed by atoms with Gasteiger partial charge < -0.3 is 10.1 Å². The average molecular weight is 241 g/mol. The molecule has 0 saturated carbocycles. The molecule has 2 aliphatic heterocycles. The van der Waals surface area contributed by atoms with E-state index < -0.39 is 0 Å². The van der Waals surface area contributed by atoms with Gasteiger partial charge in [0.2, 0.25) is 0 Å². The number of rotatable bonds is 3. The van der Waals surface area contributed by atoms with Crippen LogP contribution in [0.25, 0.3) is 0 Å². The monoisotopic (exact) mass is 241 g/mol. The molecule has 1 N–H and O–H groups in total. The highest BCUT2D eigenvalue weighted by atomic mass is 16.5. The maximum atomic E-state index is 5.38. The van der Waals surface area contributed by atoms with Crippen molar-refractivity contribution in [3.8, 4) is 0 Å². The van der Waals surface area contributed by atoms with Crippen LogP contribution in [-0.2, 0) is 4.74 Å². The second-order valence-electron chi connectivity index (χ2n) is 5.99. The fourth-order valence-corrected chi connectivity index (χ4v) is 2.66. The number of nitrogens with one attached hydrogen (secondary N) is 1. The fraction of sp³-hybridized carbons (Fsp3) is 1.00. The van der Waals surface area contributed by atoms with Crippen LogP contribution in [0.2, 0.25) is 0 Å². The van der Waals surface area contributed by atoms with E-state index in [-0.39, 0.29) is 0 Å². The molecule has 0 aromatic rings. The Morgan fingerprint density at radius 1 is 1.24 bits per heavy atom. The molecule has 0 aromatic carbocycles. The van der Waals surface area contributed by atoms with Gasteiger partial charge in [-0.2, -0.15) is 0 Å². The third-order valence-electron chi connectivity index (χ3n) is 4.02. The Morgan fingerprint density at radius 2 is 1.94 bits per heavy atom. The van der Waals surface area contributed by atoms with E-state index in [0.29, 0.717) is 11.6 Å². The third kappa shape index (κ3) is 3.65. The quantitative estimate of drug-likeness (QED) is 0.774. The number of ether oxygens (including phenoxy) is 1. The normalized spacial score (nSPS) is 31.6. The first-order valence-electron chi connectivity index (χ1n) is 6.86. The van der Waals surface area contributed by atoms with Gasteiger partial charge in [0.1, 0.15) is 0 Å². The van der Waals surface area contributed by atoms with Crippen molar-refractivity contribution >= 4 is 0 Å². The van der Waals surface area contributed by atoms with E-state index in [9.17, 15) is 0 Å². The Bertz CT molecular complexity index is 239. The molecule has 1 unspecified atom stereocenters. The van der Waals surface area contributed by atoms with Crippen molar-refractivity contribution in [1.82, 2.24) is 15.1 Å². The smallest absolute Gasteiger partial charge is 0.0594 e. The predicted octanol–water partition coefficient (Wildman–Crippen LogP) is 0.391. The molecular weight excluding hydrogens is 214 g/mol. The van der Waals surface area contributed by atoms with Crippen molar-refractivity contribution in [1.29, 1.82) is 0 Å². The van der Waals surface area contributed by atoms with Gasteiger partial charge in [0.25, 0.3) is 0 Å². The summed E-state index contributed by atoms with van der Waals surface area (Å²) in [4.78, 5) is 5.15. The Hall–Kier alpha value is -0.160. The molecule has 4 nitrogen and oxygen atoms in total. The minimum atomic E-state index is 0.290. The van der Waals surface area contributed by atoms with Gasteiger partial charge >= 0.3 is 0 Å². The molecule has 1 atom stereocenters. The maximum Gasteiger partial charge on any atom is 0.0594 e. The molecule has 0 amide bonds. The summed E-state index contributed by atoms with van der Waals surface area (Å²) in [7, 11) is 0. The molecule has 0 bridgehead atoms. The van der Waals surface area contributed by atoms with Crippen molar-refractivity contribution in [3.05, 3.63) is 0 Å². The van der Waals surface area contributed by atoms with E-state index >= 15 is 0 Å². The number of piperazine rings is 1. The summed E-state index contributed by atoms with van der Waals surface area (Å²) in [5.41, 5.74) is 0.290. The second-order valence-corrected chi connectivity index (χ2v) is 5.99. The lowest BCUT2D eigenvalue weighted by molar-refractivity contribution is 0.0168. The second kappa shape index (κ2) is 5.65. The molecule has 2 fully saturated rings. The van der Waals surface area contributed by atoms with Crippen molar-refractivity contribution in [2.45, 2.75) is 32.4 Å². The fourth-order valence-electron chi connectivity index (χ4n) is 2.66. The van der Waals surface area contributed by atoms with Crippen LogP contribution < -0.4 is 5.32 Å². The molecular formula is C13H27N3O. The predicted molar refractivity (Wildman–Crippen MR) is 70.4 cm³/mol. The minimum absolute atomic E-state index is 0.290. The van der Waals surface area contributed by atoms with Crippen molar-refractivity contribution in [3.63, 3.8) is 0 Å². The highest BCUT2D eigenvalue weighted by Gasteiger charge is 2.32. The van der Waals surface area contributed by atoms with E-state index in [1.54, 1.807) is 0 Å². The van der Waals surface area contributed by atoms with Crippen LogP contribution >= 0.6 is 0 Å². The molecule has 0 aromatic heterocycles. The summed E-state index contributed by atoms with van der Waals surface area (Å²) in [6.45, 7) is 15.6. The zero-order chi connectivity index (χ0) is 12.3. The van der Waals surface area contributed by atoms with E-state index in [1.165, 1.54) is 13.1 Å². The Kier molecular flexibility index (Phi) is 4.42. The van der Waals surface area contributed by atoms with E-state index in [4.69, 9.17) is 4.74 Å². The van der Waals surface area contributed by atoms with Crippen LogP contribution in [0.3, 0.4) is 0 Å². The number of hydrogen-bond donors (Lipinski definition) is 1. The Balaban J connectivity index is 1.79. The first-order valence-corrected chi connectivity index (χ1v) is 6.86. The molecule has 0 radical (unpaired) electrons. The van der Waals surface area contributed by atoms with Gasteiger partial charge in [0.05, 0.1) is 13.2 Å². The molecule has 2 saturated heterocycles. The highest BCUT2D eigenvalue weighted by Crippen LogP contribution is 2.18. The van der Waals surface area contributed by atoms with Crippen LogP contribution in [0.4, 0.5) is 0 Å². The molecule has 17 heavy (non-hydrogen) atoms. The zero-order valence-corrected chi connectivity index (χ0v) is 11.5. The molecule has 4 heteroatoms. The van der Waals surface area contributed by atoms with Gasteiger partial charge in [-0.15, -0.1) is 0 Å². The standard InChI is InChI=1S/C13H27N3O/c1-12-10-16(13(2,3)11-14-12)5-4-15-6-8-17-9-7-15/h12,14H,4-11H2,1-3H3.